The third kappa shape index (κ3) is 4.77. The molecular weight excluding hydrogens is 503 g/mol. The Labute approximate surface area is 204 Å². The number of halogens is 2. The van der Waals surface area contributed by atoms with Gasteiger partial charge in [0.25, 0.3) is 11.8 Å². The zero-order valence-electron chi connectivity index (χ0n) is 18.4. The van der Waals surface area contributed by atoms with Gasteiger partial charge in [-0.15, -0.1) is 0 Å². The third-order valence-corrected chi connectivity index (χ3v) is 6.05. The summed E-state index contributed by atoms with van der Waals surface area (Å²) in [5.74, 6) is -1.94. The molecule has 0 bridgehead atoms. The number of nitrogens with one attached hydrogen (secondary N) is 1. The molecule has 0 radical (unpaired) electrons. The second-order valence-corrected chi connectivity index (χ2v) is 8.66. The number of amides is 4. The fourth-order valence-electron chi connectivity index (χ4n) is 3.45. The minimum Gasteiger partial charge on any atom is -0.488 e. The van der Waals surface area contributed by atoms with Gasteiger partial charge in [0.2, 0.25) is 0 Å². The number of carbonyl (C=O) groups excluding carboxylic acids is 3. The highest BCUT2D eigenvalue weighted by Gasteiger charge is 2.37. The Kier molecular flexibility index (Phi) is 6.61. The second-order valence-electron chi connectivity index (χ2n) is 7.81. The predicted molar refractivity (Wildman–Crippen MR) is 130 cm³/mol. The average Bonchev–Trinajstić information content (AvgIpc) is 2.79. The van der Waals surface area contributed by atoms with Crippen LogP contribution in [0, 0.1) is 19.7 Å². The van der Waals surface area contributed by atoms with Crippen molar-refractivity contribution in [2.45, 2.75) is 20.5 Å². The molecule has 4 rings (SSSR count). The van der Waals surface area contributed by atoms with E-state index in [4.69, 9.17) is 4.74 Å². The van der Waals surface area contributed by atoms with Gasteiger partial charge in [0.15, 0.2) is 0 Å². The number of para-hydroxylation sites is 1. The van der Waals surface area contributed by atoms with Gasteiger partial charge in [0.05, 0.1) is 10.2 Å². The van der Waals surface area contributed by atoms with Gasteiger partial charge < -0.3 is 4.74 Å². The number of nitrogens with zero attached hydrogens (tertiary/aromatic N) is 1. The van der Waals surface area contributed by atoms with E-state index in [2.05, 4.69) is 27.3 Å². The number of ether oxygens (including phenoxy) is 1. The first kappa shape index (κ1) is 23.4. The smallest absolute Gasteiger partial charge is 0.336 e. The van der Waals surface area contributed by atoms with E-state index in [9.17, 15) is 18.8 Å². The number of carbonyl (C=O) groups is 3. The van der Waals surface area contributed by atoms with Crippen molar-refractivity contribution in [3.8, 4) is 5.75 Å². The van der Waals surface area contributed by atoms with Crippen molar-refractivity contribution in [1.29, 1.82) is 0 Å². The van der Waals surface area contributed by atoms with Crippen LogP contribution >= 0.6 is 15.9 Å². The minimum absolute atomic E-state index is 0.236. The van der Waals surface area contributed by atoms with Crippen LogP contribution in [-0.4, -0.2) is 17.8 Å². The molecule has 0 spiro atoms. The van der Waals surface area contributed by atoms with Crippen molar-refractivity contribution in [2.75, 3.05) is 4.90 Å². The monoisotopic (exact) mass is 522 g/mol. The number of anilines is 1. The van der Waals surface area contributed by atoms with Crippen LogP contribution in [0.25, 0.3) is 6.08 Å². The summed E-state index contributed by atoms with van der Waals surface area (Å²) in [5, 5.41) is 2.08. The van der Waals surface area contributed by atoms with Crippen molar-refractivity contribution in [2.24, 2.45) is 0 Å². The van der Waals surface area contributed by atoms with Gasteiger partial charge >= 0.3 is 6.03 Å². The van der Waals surface area contributed by atoms with Crippen LogP contribution in [0.4, 0.5) is 14.9 Å². The van der Waals surface area contributed by atoms with E-state index in [1.165, 1.54) is 35.4 Å². The average molecular weight is 523 g/mol. The third-order valence-electron chi connectivity index (χ3n) is 5.43. The molecular formula is C26H20BrFN2O4. The molecule has 1 aliphatic heterocycles. The Hall–Kier alpha value is -3.78. The van der Waals surface area contributed by atoms with Gasteiger partial charge in [-0.1, -0.05) is 36.4 Å². The molecule has 8 heteroatoms. The second kappa shape index (κ2) is 9.61. The highest BCUT2D eigenvalue weighted by atomic mass is 79.9. The van der Waals surface area contributed by atoms with E-state index in [0.29, 0.717) is 27.3 Å². The van der Waals surface area contributed by atoms with Gasteiger partial charge in [0, 0.05) is 0 Å². The number of benzene rings is 3. The van der Waals surface area contributed by atoms with Gasteiger partial charge in [-0.2, -0.15) is 0 Å². The summed E-state index contributed by atoms with van der Waals surface area (Å²) in [4.78, 5) is 38.2. The fraction of sp³-hybridized carbons (Fsp3) is 0.115. The Morgan fingerprint density at radius 1 is 1.00 bits per heavy atom. The highest BCUT2D eigenvalue weighted by molar-refractivity contribution is 9.10. The van der Waals surface area contributed by atoms with Crippen molar-refractivity contribution >= 4 is 45.5 Å². The number of rotatable bonds is 5. The maximum atomic E-state index is 14.2. The summed E-state index contributed by atoms with van der Waals surface area (Å²) >= 11 is 3.46. The molecule has 1 saturated heterocycles. The van der Waals surface area contributed by atoms with Gasteiger partial charge in [-0.3, -0.25) is 14.9 Å². The Morgan fingerprint density at radius 3 is 2.47 bits per heavy atom. The number of aryl methyl sites for hydroxylation is 2. The van der Waals surface area contributed by atoms with Crippen molar-refractivity contribution in [3.63, 3.8) is 0 Å². The van der Waals surface area contributed by atoms with Crippen LogP contribution in [-0.2, 0) is 16.2 Å². The number of urea groups is 1. The van der Waals surface area contributed by atoms with E-state index in [1.807, 2.05) is 26.0 Å². The number of imide groups is 2. The SMILES string of the molecule is Cc1ccc(COc2ccc(/C=C3/C(=O)NC(=O)N(c4ccccc4F)C3=O)cc2Br)cc1C. The molecule has 1 heterocycles. The molecule has 0 aromatic heterocycles. The van der Waals surface area contributed by atoms with E-state index in [-0.39, 0.29) is 11.3 Å². The maximum absolute atomic E-state index is 14.2. The normalized spacial score (nSPS) is 15.0. The molecule has 3 aromatic carbocycles. The van der Waals surface area contributed by atoms with E-state index < -0.39 is 23.7 Å². The van der Waals surface area contributed by atoms with Crippen molar-refractivity contribution in [1.82, 2.24) is 5.32 Å². The Balaban J connectivity index is 1.56. The summed E-state index contributed by atoms with van der Waals surface area (Å²) in [6.45, 7) is 4.47. The van der Waals surface area contributed by atoms with Crippen LogP contribution in [0.3, 0.4) is 0 Å². The zero-order chi connectivity index (χ0) is 24.4. The first-order valence-electron chi connectivity index (χ1n) is 10.4. The molecule has 0 unspecified atom stereocenters. The molecule has 0 aliphatic carbocycles. The molecule has 0 atom stereocenters. The molecule has 1 aliphatic rings. The number of barbiturate groups is 1. The molecule has 3 aromatic rings. The number of hydrogen-bond acceptors (Lipinski definition) is 4. The van der Waals surface area contributed by atoms with Crippen molar-refractivity contribution in [3.05, 3.63) is 98.8 Å². The highest BCUT2D eigenvalue weighted by Crippen LogP contribution is 2.29. The summed E-state index contributed by atoms with van der Waals surface area (Å²) in [7, 11) is 0. The molecule has 6 nitrogen and oxygen atoms in total. The lowest BCUT2D eigenvalue weighted by Gasteiger charge is -2.26. The standard InChI is InChI=1S/C26H20BrFN2O4/c1-15-7-8-18(11-16(15)2)14-34-23-10-9-17(13-20(23)27)12-19-24(31)29-26(33)30(25(19)32)22-6-4-3-5-21(22)28/h3-13H,14H2,1-2H3,(H,29,31,33)/b19-12-. The van der Waals surface area contributed by atoms with Crippen LogP contribution in [0.1, 0.15) is 22.3 Å². The summed E-state index contributed by atoms with van der Waals surface area (Å²) < 4.78 is 20.7. The Bertz CT molecular complexity index is 1350. The topological polar surface area (TPSA) is 75.7 Å². The van der Waals surface area contributed by atoms with Crippen LogP contribution in [0.5, 0.6) is 5.75 Å². The predicted octanol–water partition coefficient (Wildman–Crippen LogP) is 5.45. The molecule has 1 fully saturated rings. The quantitative estimate of drug-likeness (QED) is 0.357. The number of hydrogen-bond donors (Lipinski definition) is 1. The lowest BCUT2D eigenvalue weighted by atomic mass is 10.1. The van der Waals surface area contributed by atoms with E-state index >= 15 is 0 Å². The van der Waals surface area contributed by atoms with Crippen molar-refractivity contribution < 1.29 is 23.5 Å². The summed E-state index contributed by atoms with van der Waals surface area (Å²) in [6.07, 6.45) is 1.34. The first-order valence-corrected chi connectivity index (χ1v) is 11.2. The maximum Gasteiger partial charge on any atom is 0.336 e. The van der Waals surface area contributed by atoms with Crippen LogP contribution < -0.4 is 15.0 Å². The van der Waals surface area contributed by atoms with Crippen LogP contribution in [0.2, 0.25) is 0 Å². The minimum atomic E-state index is -1.01. The molecule has 1 N–H and O–H groups in total. The lowest BCUT2D eigenvalue weighted by Crippen LogP contribution is -2.54. The van der Waals surface area contributed by atoms with Gasteiger partial charge in [0.1, 0.15) is 23.7 Å². The molecule has 172 valence electrons. The fourth-order valence-corrected chi connectivity index (χ4v) is 3.97. The first-order chi connectivity index (χ1) is 16.2. The van der Waals surface area contributed by atoms with Gasteiger partial charge in [-0.25, -0.2) is 14.1 Å². The largest absolute Gasteiger partial charge is 0.488 e. The van der Waals surface area contributed by atoms with E-state index in [0.717, 1.165) is 11.6 Å². The molecule has 0 saturated carbocycles. The summed E-state index contributed by atoms with van der Waals surface area (Å²) in [5.41, 5.74) is 3.41. The molecule has 4 amide bonds. The van der Waals surface area contributed by atoms with Gasteiger partial charge in [-0.05, 0) is 82.4 Å². The Morgan fingerprint density at radius 2 is 1.76 bits per heavy atom. The molecule has 34 heavy (non-hydrogen) atoms. The zero-order valence-corrected chi connectivity index (χ0v) is 20.0. The summed E-state index contributed by atoms with van der Waals surface area (Å²) in [6, 6.07) is 15.5. The van der Waals surface area contributed by atoms with Crippen LogP contribution in [0.15, 0.2) is 70.7 Å². The van der Waals surface area contributed by atoms with E-state index in [1.54, 1.807) is 18.2 Å². The lowest BCUT2D eigenvalue weighted by molar-refractivity contribution is -0.122.